The van der Waals surface area contributed by atoms with E-state index in [1.54, 1.807) is 0 Å². The molecule has 2 aromatic carbocycles. The minimum absolute atomic E-state index is 0.0634. The van der Waals surface area contributed by atoms with Crippen LogP contribution in [-0.2, 0) is 10.2 Å². The zero-order valence-electron chi connectivity index (χ0n) is 12.8. The van der Waals surface area contributed by atoms with E-state index in [-0.39, 0.29) is 17.9 Å². The van der Waals surface area contributed by atoms with E-state index < -0.39 is 0 Å². The van der Waals surface area contributed by atoms with Crippen molar-refractivity contribution in [2.45, 2.75) is 25.2 Å². The molecule has 3 heteroatoms. The van der Waals surface area contributed by atoms with Gasteiger partial charge in [0.15, 0.2) is 6.61 Å². The summed E-state index contributed by atoms with van der Waals surface area (Å²) in [6.07, 6.45) is 2.27. The third-order valence-electron chi connectivity index (χ3n) is 4.25. The Bertz CT molecular complexity index is 630. The summed E-state index contributed by atoms with van der Waals surface area (Å²) in [5.41, 5.74) is 2.63. The van der Waals surface area contributed by atoms with Gasteiger partial charge in [-0.3, -0.25) is 4.79 Å². The van der Waals surface area contributed by atoms with Gasteiger partial charge in [0.05, 0.1) is 0 Å². The van der Waals surface area contributed by atoms with E-state index in [0.717, 1.165) is 18.6 Å². The summed E-state index contributed by atoms with van der Waals surface area (Å²) >= 11 is 0. The average molecular weight is 295 g/mol. The monoisotopic (exact) mass is 295 g/mol. The molecule has 0 unspecified atom stereocenters. The maximum absolute atomic E-state index is 12.0. The molecule has 0 heterocycles. The lowest BCUT2D eigenvalue weighted by molar-refractivity contribution is -0.123. The Hall–Kier alpha value is -2.29. The normalized spacial score (nSPS) is 15.1. The number of ether oxygens (including phenoxy) is 1. The second-order valence-corrected chi connectivity index (χ2v) is 6.02. The lowest BCUT2D eigenvalue weighted by Crippen LogP contribution is -2.35. The fraction of sp³-hybridized carbons (Fsp3) is 0.316. The minimum Gasteiger partial charge on any atom is -0.484 e. The van der Waals surface area contributed by atoms with Gasteiger partial charge in [-0.25, -0.2) is 0 Å². The summed E-state index contributed by atoms with van der Waals surface area (Å²) in [6.45, 7) is 2.77. The van der Waals surface area contributed by atoms with Crippen LogP contribution in [0.15, 0.2) is 54.6 Å². The predicted octanol–water partition coefficient (Wildman–Crippen LogP) is 3.22. The summed E-state index contributed by atoms with van der Waals surface area (Å²) in [4.78, 5) is 12.0. The van der Waals surface area contributed by atoms with E-state index in [0.29, 0.717) is 6.54 Å². The summed E-state index contributed by atoms with van der Waals surface area (Å²) in [6, 6.07) is 18.1. The van der Waals surface area contributed by atoms with Gasteiger partial charge in [0.1, 0.15) is 5.75 Å². The number of aryl methyl sites for hydroxylation is 1. The van der Waals surface area contributed by atoms with Crippen LogP contribution in [0.2, 0.25) is 0 Å². The fourth-order valence-electron chi connectivity index (χ4n) is 2.61. The van der Waals surface area contributed by atoms with Crippen molar-refractivity contribution >= 4 is 5.91 Å². The highest BCUT2D eigenvalue weighted by Gasteiger charge is 2.44. The standard InChI is InChI=1S/C19H21NO2/c1-15-7-9-17(10-8-15)22-13-18(21)20-14-19(11-12-19)16-5-3-2-4-6-16/h2-10H,11-14H2,1H3,(H,20,21). The van der Waals surface area contributed by atoms with E-state index in [2.05, 4.69) is 29.6 Å². The van der Waals surface area contributed by atoms with Crippen molar-refractivity contribution in [1.82, 2.24) is 5.32 Å². The van der Waals surface area contributed by atoms with E-state index in [4.69, 9.17) is 4.74 Å². The number of hydrogen-bond acceptors (Lipinski definition) is 2. The first-order valence-corrected chi connectivity index (χ1v) is 7.70. The van der Waals surface area contributed by atoms with Crippen molar-refractivity contribution in [3.8, 4) is 5.75 Å². The van der Waals surface area contributed by atoms with E-state index >= 15 is 0 Å². The zero-order valence-corrected chi connectivity index (χ0v) is 12.8. The first kappa shape index (κ1) is 14.6. The van der Waals surface area contributed by atoms with E-state index in [1.165, 1.54) is 11.1 Å². The third-order valence-corrected chi connectivity index (χ3v) is 4.25. The molecule has 0 spiro atoms. The van der Waals surface area contributed by atoms with Crippen molar-refractivity contribution in [1.29, 1.82) is 0 Å². The Morgan fingerprint density at radius 3 is 2.41 bits per heavy atom. The summed E-state index contributed by atoms with van der Waals surface area (Å²) in [7, 11) is 0. The highest BCUT2D eigenvalue weighted by atomic mass is 16.5. The maximum Gasteiger partial charge on any atom is 0.257 e. The van der Waals surface area contributed by atoms with Crippen LogP contribution in [-0.4, -0.2) is 19.1 Å². The molecule has 1 amide bonds. The molecule has 2 aromatic rings. The number of benzene rings is 2. The zero-order chi connectivity index (χ0) is 15.4. The van der Waals surface area contributed by atoms with Gasteiger partial charge in [0, 0.05) is 12.0 Å². The molecule has 22 heavy (non-hydrogen) atoms. The van der Waals surface area contributed by atoms with Gasteiger partial charge in [0.25, 0.3) is 5.91 Å². The molecule has 0 atom stereocenters. The van der Waals surface area contributed by atoms with Gasteiger partial charge in [0.2, 0.25) is 0 Å². The Morgan fingerprint density at radius 1 is 1.09 bits per heavy atom. The number of carbonyl (C=O) groups excluding carboxylic acids is 1. The molecule has 3 nitrogen and oxygen atoms in total. The first-order chi connectivity index (χ1) is 10.7. The summed E-state index contributed by atoms with van der Waals surface area (Å²) < 4.78 is 5.50. The van der Waals surface area contributed by atoms with E-state index in [1.807, 2.05) is 37.3 Å². The van der Waals surface area contributed by atoms with Crippen LogP contribution in [0.25, 0.3) is 0 Å². The molecule has 1 N–H and O–H groups in total. The van der Waals surface area contributed by atoms with Gasteiger partial charge < -0.3 is 10.1 Å². The van der Waals surface area contributed by atoms with Gasteiger partial charge in [-0.05, 0) is 37.5 Å². The second-order valence-electron chi connectivity index (χ2n) is 6.02. The van der Waals surface area contributed by atoms with Crippen molar-refractivity contribution in [3.63, 3.8) is 0 Å². The molecular weight excluding hydrogens is 274 g/mol. The van der Waals surface area contributed by atoms with Crippen molar-refractivity contribution in [2.75, 3.05) is 13.2 Å². The quantitative estimate of drug-likeness (QED) is 0.888. The van der Waals surface area contributed by atoms with Gasteiger partial charge in [-0.15, -0.1) is 0 Å². The highest BCUT2D eigenvalue weighted by Crippen LogP contribution is 2.47. The van der Waals surface area contributed by atoms with E-state index in [9.17, 15) is 4.79 Å². The maximum atomic E-state index is 12.0. The van der Waals surface area contributed by atoms with Crippen LogP contribution in [0.5, 0.6) is 5.75 Å². The van der Waals surface area contributed by atoms with Crippen LogP contribution in [0.3, 0.4) is 0 Å². The third kappa shape index (κ3) is 3.48. The molecular formula is C19H21NO2. The van der Waals surface area contributed by atoms with Gasteiger partial charge >= 0.3 is 0 Å². The smallest absolute Gasteiger partial charge is 0.257 e. The topological polar surface area (TPSA) is 38.3 Å². The molecule has 1 fully saturated rings. The molecule has 0 aliphatic heterocycles. The SMILES string of the molecule is Cc1ccc(OCC(=O)NCC2(c3ccccc3)CC2)cc1. The Kier molecular flexibility index (Phi) is 4.14. The van der Waals surface area contributed by atoms with Crippen molar-refractivity contribution in [3.05, 3.63) is 65.7 Å². The number of rotatable bonds is 6. The fourth-order valence-corrected chi connectivity index (χ4v) is 2.61. The Balaban J connectivity index is 1.48. The van der Waals surface area contributed by atoms with Crippen LogP contribution in [0, 0.1) is 6.92 Å². The first-order valence-electron chi connectivity index (χ1n) is 7.70. The molecule has 0 saturated heterocycles. The molecule has 1 aliphatic carbocycles. The lowest BCUT2D eigenvalue weighted by Gasteiger charge is -2.16. The second kappa shape index (κ2) is 6.22. The predicted molar refractivity (Wildman–Crippen MR) is 87.0 cm³/mol. The number of nitrogens with one attached hydrogen (secondary N) is 1. The molecule has 0 aromatic heterocycles. The van der Waals surface area contributed by atoms with Crippen LogP contribution in [0.4, 0.5) is 0 Å². The number of amides is 1. The van der Waals surface area contributed by atoms with Crippen molar-refractivity contribution < 1.29 is 9.53 Å². The Morgan fingerprint density at radius 2 is 1.77 bits per heavy atom. The largest absolute Gasteiger partial charge is 0.484 e. The van der Waals surface area contributed by atoms with Gasteiger partial charge in [-0.2, -0.15) is 0 Å². The molecule has 1 saturated carbocycles. The molecule has 0 radical (unpaired) electrons. The van der Waals surface area contributed by atoms with Gasteiger partial charge in [-0.1, -0.05) is 48.0 Å². The molecule has 1 aliphatic rings. The lowest BCUT2D eigenvalue weighted by atomic mass is 9.96. The molecule has 114 valence electrons. The average Bonchev–Trinajstić information content (AvgIpc) is 3.34. The highest BCUT2D eigenvalue weighted by molar-refractivity contribution is 5.77. The van der Waals surface area contributed by atoms with Crippen LogP contribution in [0.1, 0.15) is 24.0 Å². The number of hydrogen-bond donors (Lipinski definition) is 1. The minimum atomic E-state index is -0.0669. The summed E-state index contributed by atoms with van der Waals surface area (Å²) in [5.74, 6) is 0.660. The van der Waals surface area contributed by atoms with Crippen molar-refractivity contribution in [2.24, 2.45) is 0 Å². The van der Waals surface area contributed by atoms with Crippen LogP contribution < -0.4 is 10.1 Å². The number of carbonyl (C=O) groups is 1. The van der Waals surface area contributed by atoms with Crippen LogP contribution >= 0.6 is 0 Å². The molecule has 3 rings (SSSR count). The Labute approximate surface area is 131 Å². The molecule has 0 bridgehead atoms. The summed E-state index contributed by atoms with van der Waals surface area (Å²) in [5, 5.41) is 3.00.